The van der Waals surface area contributed by atoms with Gasteiger partial charge in [0, 0.05) is 0 Å². The summed E-state index contributed by atoms with van der Waals surface area (Å²) in [6, 6.07) is 0. The van der Waals surface area contributed by atoms with E-state index in [0.29, 0.717) is 8.55 Å². The van der Waals surface area contributed by atoms with Gasteiger partial charge in [-0.25, -0.2) is 0 Å². The molecule has 1 rings (SSSR count). The zero-order valence-electron chi connectivity index (χ0n) is 8.36. The highest BCUT2D eigenvalue weighted by atomic mass is 29.5. The van der Waals surface area contributed by atoms with Gasteiger partial charge in [0.15, 0.2) is 0 Å². The largest absolute Gasteiger partial charge is 0.0533 e. The normalized spacial score (nSPS) is 20.7. The number of rotatable bonds is 0. The lowest BCUT2D eigenvalue weighted by atomic mass is 10.0. The van der Waals surface area contributed by atoms with Gasteiger partial charge in [0.05, 0.1) is 0 Å². The molecule has 1 fully saturated rings. The highest BCUT2D eigenvalue weighted by Crippen LogP contribution is 2.15. The third-order valence-electron chi connectivity index (χ3n) is 2.00. The summed E-state index contributed by atoms with van der Waals surface area (Å²) in [5.41, 5.74) is 0. The van der Waals surface area contributed by atoms with E-state index in [1.54, 1.807) is 19.5 Å². The van der Waals surface area contributed by atoms with Gasteiger partial charge in [-0.05, 0) is 28.1 Å². The Hall–Kier alpha value is 0.651. The molecule has 0 saturated heterocycles. The molecule has 1 saturated carbocycles. The van der Waals surface area contributed by atoms with Crippen LogP contribution in [0.15, 0.2) is 0 Å². The van der Waals surface area contributed by atoms with E-state index >= 15 is 0 Å². The quantitative estimate of drug-likeness (QED) is 0.481. The van der Waals surface area contributed by atoms with E-state index in [-0.39, 0.29) is 0 Å². The average Bonchev–Trinajstić information content (AvgIpc) is 1.86. The standard InChI is InChI=1S/C8H16.H8Si3/c1-2-4-6-8-7-5-3-1;1-3-2/h1-8H2;3H2,1-2H3. The summed E-state index contributed by atoms with van der Waals surface area (Å²) in [6.07, 6.45) is 12.0. The zero-order valence-corrected chi connectivity index (χ0v) is 13.8. The van der Waals surface area contributed by atoms with Gasteiger partial charge < -0.3 is 0 Å². The van der Waals surface area contributed by atoms with Crippen LogP contribution >= 0.6 is 0 Å². The molecule has 68 valence electrons. The molecule has 0 aliphatic heterocycles. The molecular weight excluding hydrogens is 180 g/mol. The van der Waals surface area contributed by atoms with Crippen molar-refractivity contribution >= 4 is 28.1 Å². The Kier molecular flexibility index (Phi) is 11.3. The third-order valence-corrected chi connectivity index (χ3v) is 2.00. The Labute approximate surface area is 79.8 Å². The summed E-state index contributed by atoms with van der Waals surface area (Å²) in [4.78, 5) is 0. The predicted octanol–water partition coefficient (Wildman–Crippen LogP) is -0.163. The second-order valence-corrected chi connectivity index (χ2v) is 21.9. The Morgan fingerprint density at radius 2 is 0.636 bits per heavy atom. The molecule has 0 aromatic heterocycles. The predicted molar refractivity (Wildman–Crippen MR) is 65.4 cm³/mol. The maximum atomic E-state index is 1.57. The fourth-order valence-electron chi connectivity index (χ4n) is 1.41. The summed E-state index contributed by atoms with van der Waals surface area (Å²) in [7, 11) is 3.83. The van der Waals surface area contributed by atoms with E-state index < -0.39 is 0 Å². The van der Waals surface area contributed by atoms with Crippen molar-refractivity contribution in [3.05, 3.63) is 0 Å². The molecule has 3 heteroatoms. The van der Waals surface area contributed by atoms with Crippen LogP contribution in [-0.2, 0) is 0 Å². The van der Waals surface area contributed by atoms with E-state index in [1.807, 2.05) is 0 Å². The Morgan fingerprint density at radius 1 is 0.545 bits per heavy atom. The zero-order chi connectivity index (χ0) is 8.36. The topological polar surface area (TPSA) is 0 Å². The van der Waals surface area contributed by atoms with Gasteiger partial charge in [0.25, 0.3) is 0 Å². The molecule has 0 N–H and O–H groups in total. The van der Waals surface area contributed by atoms with Gasteiger partial charge in [0.2, 0.25) is 0 Å². The van der Waals surface area contributed by atoms with Crippen LogP contribution < -0.4 is 0 Å². The first-order chi connectivity index (χ1) is 5.41. The SMILES string of the molecule is C1CCCCCCC1.[SiH3][SiH2][SiH3]. The monoisotopic (exact) mass is 204 g/mol. The molecule has 0 aromatic rings. The molecule has 0 bridgehead atoms. The Balaban J connectivity index is 0.000000292. The molecule has 0 amide bonds. The van der Waals surface area contributed by atoms with E-state index in [9.17, 15) is 0 Å². The van der Waals surface area contributed by atoms with E-state index in [4.69, 9.17) is 0 Å². The Bertz CT molecular complexity index is 42.4. The number of hydrogen-bond acceptors (Lipinski definition) is 0. The van der Waals surface area contributed by atoms with Gasteiger partial charge in [-0.3, -0.25) is 0 Å². The lowest BCUT2D eigenvalue weighted by molar-refractivity contribution is 0.504. The van der Waals surface area contributed by atoms with Crippen molar-refractivity contribution in [2.45, 2.75) is 51.4 Å². The second-order valence-electron chi connectivity index (χ2n) is 3.54. The van der Waals surface area contributed by atoms with Crippen molar-refractivity contribution in [1.82, 2.24) is 0 Å². The van der Waals surface area contributed by atoms with Crippen molar-refractivity contribution in [2.24, 2.45) is 0 Å². The lowest BCUT2D eigenvalue weighted by Crippen LogP contribution is -1.85. The van der Waals surface area contributed by atoms with Crippen molar-refractivity contribution in [3.8, 4) is 0 Å². The van der Waals surface area contributed by atoms with Gasteiger partial charge in [-0.1, -0.05) is 51.4 Å². The first kappa shape index (κ1) is 11.7. The molecule has 0 atom stereocenters. The molecular formula is C8H24Si3. The maximum absolute atomic E-state index is 1.57. The molecule has 0 heterocycles. The van der Waals surface area contributed by atoms with Crippen LogP contribution in [0.1, 0.15) is 51.4 Å². The summed E-state index contributed by atoms with van der Waals surface area (Å²) in [5, 5.41) is 0. The molecule has 1 aliphatic rings. The molecule has 0 unspecified atom stereocenters. The lowest BCUT2D eigenvalue weighted by Gasteiger charge is -2.05. The number of hydrogen-bond donors (Lipinski definition) is 0. The van der Waals surface area contributed by atoms with Crippen LogP contribution in [0.2, 0.25) is 0 Å². The minimum absolute atomic E-state index is 0.694. The summed E-state index contributed by atoms with van der Waals surface area (Å²) >= 11 is 0. The molecule has 0 nitrogen and oxygen atoms in total. The van der Waals surface area contributed by atoms with Crippen LogP contribution in [0.25, 0.3) is 0 Å². The van der Waals surface area contributed by atoms with Crippen LogP contribution in [0.3, 0.4) is 0 Å². The minimum Gasteiger partial charge on any atom is -0.0533 e. The molecule has 0 spiro atoms. The van der Waals surface area contributed by atoms with E-state index in [0.717, 1.165) is 0 Å². The van der Waals surface area contributed by atoms with Crippen molar-refractivity contribution < 1.29 is 0 Å². The fraction of sp³-hybridized carbons (Fsp3) is 1.00. The van der Waals surface area contributed by atoms with E-state index in [1.165, 1.54) is 51.4 Å². The first-order valence-electron chi connectivity index (χ1n) is 5.41. The summed E-state index contributed by atoms with van der Waals surface area (Å²) in [6.45, 7) is 0. The average molecular weight is 205 g/mol. The molecule has 1 aliphatic carbocycles. The van der Waals surface area contributed by atoms with Crippen LogP contribution in [0.4, 0.5) is 0 Å². The van der Waals surface area contributed by atoms with Crippen molar-refractivity contribution in [1.29, 1.82) is 0 Å². The first-order valence-corrected chi connectivity index (χ1v) is 16.7. The molecule has 11 heavy (non-hydrogen) atoms. The minimum atomic E-state index is 0.694. The smallest absolute Gasteiger partial charge is 0.0104 e. The molecule has 0 aromatic carbocycles. The highest BCUT2D eigenvalue weighted by molar-refractivity contribution is 7.17. The third kappa shape index (κ3) is 10.7. The summed E-state index contributed by atoms with van der Waals surface area (Å²) in [5.74, 6) is 0. The van der Waals surface area contributed by atoms with Crippen LogP contribution in [-0.4, -0.2) is 28.1 Å². The van der Waals surface area contributed by atoms with Gasteiger partial charge in [0.1, 0.15) is 0 Å². The fourth-order valence-corrected chi connectivity index (χ4v) is 1.41. The van der Waals surface area contributed by atoms with Crippen LogP contribution in [0.5, 0.6) is 0 Å². The van der Waals surface area contributed by atoms with Crippen molar-refractivity contribution in [3.63, 3.8) is 0 Å². The van der Waals surface area contributed by atoms with E-state index in [2.05, 4.69) is 0 Å². The second kappa shape index (κ2) is 10.7. The van der Waals surface area contributed by atoms with Gasteiger partial charge >= 0.3 is 0 Å². The van der Waals surface area contributed by atoms with Gasteiger partial charge in [-0.15, -0.1) is 0 Å². The van der Waals surface area contributed by atoms with Crippen LogP contribution in [0, 0.1) is 0 Å². The van der Waals surface area contributed by atoms with Gasteiger partial charge in [-0.2, -0.15) is 0 Å². The maximum Gasteiger partial charge on any atom is -0.0104 e. The highest BCUT2D eigenvalue weighted by Gasteiger charge is 1.95. The summed E-state index contributed by atoms with van der Waals surface area (Å²) < 4.78 is 0. The van der Waals surface area contributed by atoms with Crippen molar-refractivity contribution in [2.75, 3.05) is 0 Å². The molecule has 0 radical (unpaired) electrons. The Morgan fingerprint density at radius 3 is 0.727 bits per heavy atom.